The van der Waals surface area contributed by atoms with Crippen LogP contribution in [0.1, 0.15) is 31.0 Å². The number of piperidine rings is 1. The lowest BCUT2D eigenvalue weighted by molar-refractivity contribution is 0.150. The highest BCUT2D eigenvalue weighted by molar-refractivity contribution is 5.44. The Morgan fingerprint density at radius 3 is 2.74 bits per heavy atom. The lowest BCUT2D eigenvalue weighted by atomic mass is 9.80. The van der Waals surface area contributed by atoms with Crippen molar-refractivity contribution in [2.24, 2.45) is 5.41 Å². The lowest BCUT2D eigenvalue weighted by Gasteiger charge is -2.38. The Labute approximate surface area is 115 Å². The molecule has 1 fully saturated rings. The Hall–Kier alpha value is -1.60. The molecule has 0 saturated carbocycles. The van der Waals surface area contributed by atoms with Crippen LogP contribution in [-0.4, -0.2) is 36.6 Å². The zero-order chi connectivity index (χ0) is 13.9. The molecule has 4 heteroatoms. The van der Waals surface area contributed by atoms with Crippen LogP contribution in [0.15, 0.2) is 12.1 Å². The zero-order valence-corrected chi connectivity index (χ0v) is 12.0. The molecular formula is C15H22N4. The van der Waals surface area contributed by atoms with E-state index in [1.165, 1.54) is 12.8 Å². The topological polar surface area (TPSA) is 52.0 Å². The highest BCUT2D eigenvalue weighted by Gasteiger charge is 2.28. The van der Waals surface area contributed by atoms with Gasteiger partial charge in [-0.3, -0.25) is 0 Å². The number of likely N-dealkylation sites (tertiary alicyclic amines) is 1. The van der Waals surface area contributed by atoms with E-state index >= 15 is 0 Å². The molecule has 1 aromatic rings. The highest BCUT2D eigenvalue weighted by atomic mass is 15.1. The van der Waals surface area contributed by atoms with Crippen LogP contribution in [0.25, 0.3) is 0 Å². The van der Waals surface area contributed by atoms with Crippen molar-refractivity contribution in [3.8, 4) is 6.07 Å². The predicted molar refractivity (Wildman–Crippen MR) is 77.0 cm³/mol. The fourth-order valence-corrected chi connectivity index (χ4v) is 2.46. The Bertz CT molecular complexity index is 481. The van der Waals surface area contributed by atoms with Gasteiger partial charge in [0.2, 0.25) is 0 Å². The minimum Gasteiger partial charge on any atom is -0.369 e. The van der Waals surface area contributed by atoms with Crippen molar-refractivity contribution in [2.45, 2.75) is 26.7 Å². The smallest absolute Gasteiger partial charge is 0.127 e. The van der Waals surface area contributed by atoms with Gasteiger partial charge in [0.25, 0.3) is 0 Å². The SMILES string of the molecule is Cc1cc(C#N)cc(NCC2(C)CCN(C)CC2)n1. The van der Waals surface area contributed by atoms with Crippen molar-refractivity contribution in [3.05, 3.63) is 23.4 Å². The maximum Gasteiger partial charge on any atom is 0.127 e. The van der Waals surface area contributed by atoms with Crippen LogP contribution in [0.5, 0.6) is 0 Å². The first kappa shape index (κ1) is 13.8. The van der Waals surface area contributed by atoms with Crippen molar-refractivity contribution < 1.29 is 0 Å². The monoisotopic (exact) mass is 258 g/mol. The van der Waals surface area contributed by atoms with E-state index in [-0.39, 0.29) is 0 Å². The first-order valence-electron chi connectivity index (χ1n) is 6.82. The first-order valence-corrected chi connectivity index (χ1v) is 6.82. The molecule has 0 spiro atoms. The molecule has 1 saturated heterocycles. The summed E-state index contributed by atoms with van der Waals surface area (Å²) in [5.41, 5.74) is 1.88. The summed E-state index contributed by atoms with van der Waals surface area (Å²) < 4.78 is 0. The fraction of sp³-hybridized carbons (Fsp3) is 0.600. The van der Waals surface area contributed by atoms with Crippen LogP contribution in [0.2, 0.25) is 0 Å². The molecule has 1 aromatic heterocycles. The number of anilines is 1. The first-order chi connectivity index (χ1) is 9.00. The maximum absolute atomic E-state index is 8.97. The summed E-state index contributed by atoms with van der Waals surface area (Å²) in [6, 6.07) is 5.81. The van der Waals surface area contributed by atoms with Gasteiger partial charge < -0.3 is 10.2 Å². The van der Waals surface area contributed by atoms with E-state index in [4.69, 9.17) is 5.26 Å². The molecule has 4 nitrogen and oxygen atoms in total. The Morgan fingerprint density at radius 1 is 1.42 bits per heavy atom. The minimum absolute atomic E-state index is 0.324. The highest BCUT2D eigenvalue weighted by Crippen LogP contribution is 2.30. The van der Waals surface area contributed by atoms with Crippen molar-refractivity contribution in [1.82, 2.24) is 9.88 Å². The number of hydrogen-bond acceptors (Lipinski definition) is 4. The molecule has 0 bridgehead atoms. The van der Waals surface area contributed by atoms with E-state index in [0.717, 1.165) is 31.1 Å². The van der Waals surface area contributed by atoms with Crippen LogP contribution in [0.3, 0.4) is 0 Å². The molecule has 2 heterocycles. The number of pyridine rings is 1. The average Bonchev–Trinajstić information content (AvgIpc) is 2.40. The Balaban J connectivity index is 1.99. The fourth-order valence-electron chi connectivity index (χ4n) is 2.46. The van der Waals surface area contributed by atoms with Gasteiger partial charge in [-0.15, -0.1) is 0 Å². The number of hydrogen-bond donors (Lipinski definition) is 1. The maximum atomic E-state index is 8.97. The van der Waals surface area contributed by atoms with Gasteiger partial charge in [-0.05, 0) is 57.5 Å². The number of aromatic nitrogens is 1. The number of nitrogens with one attached hydrogen (secondary N) is 1. The van der Waals surface area contributed by atoms with E-state index < -0.39 is 0 Å². The average molecular weight is 258 g/mol. The molecule has 19 heavy (non-hydrogen) atoms. The largest absolute Gasteiger partial charge is 0.369 e. The number of nitrogens with zero attached hydrogens (tertiary/aromatic N) is 3. The number of nitriles is 1. The van der Waals surface area contributed by atoms with Crippen LogP contribution in [-0.2, 0) is 0 Å². The van der Waals surface area contributed by atoms with Gasteiger partial charge in [0.15, 0.2) is 0 Å². The summed E-state index contributed by atoms with van der Waals surface area (Å²) >= 11 is 0. The molecule has 0 radical (unpaired) electrons. The molecule has 1 aliphatic heterocycles. The van der Waals surface area contributed by atoms with E-state index in [2.05, 4.69) is 35.2 Å². The standard InChI is InChI=1S/C15H22N4/c1-12-8-13(10-16)9-14(18-12)17-11-15(2)4-6-19(3)7-5-15/h8-9H,4-7,11H2,1-3H3,(H,17,18). The van der Waals surface area contributed by atoms with Crippen molar-refractivity contribution in [2.75, 3.05) is 32.0 Å². The third kappa shape index (κ3) is 3.68. The number of aryl methyl sites for hydroxylation is 1. The second kappa shape index (κ2) is 5.58. The zero-order valence-electron chi connectivity index (χ0n) is 12.0. The van der Waals surface area contributed by atoms with E-state index in [9.17, 15) is 0 Å². The molecule has 0 amide bonds. The van der Waals surface area contributed by atoms with Gasteiger partial charge in [-0.1, -0.05) is 6.92 Å². The molecule has 2 rings (SSSR count). The molecule has 0 aromatic carbocycles. The molecular weight excluding hydrogens is 236 g/mol. The summed E-state index contributed by atoms with van der Waals surface area (Å²) in [6.07, 6.45) is 2.40. The van der Waals surface area contributed by atoms with Gasteiger partial charge in [-0.2, -0.15) is 5.26 Å². The molecule has 1 aliphatic rings. The molecule has 102 valence electrons. The van der Waals surface area contributed by atoms with E-state index in [0.29, 0.717) is 11.0 Å². The van der Waals surface area contributed by atoms with Crippen LogP contribution in [0, 0.1) is 23.7 Å². The second-order valence-electron chi connectivity index (χ2n) is 5.96. The quantitative estimate of drug-likeness (QED) is 0.904. The van der Waals surface area contributed by atoms with Crippen molar-refractivity contribution in [3.63, 3.8) is 0 Å². The van der Waals surface area contributed by atoms with Gasteiger partial charge >= 0.3 is 0 Å². The van der Waals surface area contributed by atoms with Crippen LogP contribution < -0.4 is 5.32 Å². The van der Waals surface area contributed by atoms with Gasteiger partial charge in [0, 0.05) is 12.2 Å². The normalized spacial score (nSPS) is 18.8. The summed E-state index contributed by atoms with van der Waals surface area (Å²) in [6.45, 7) is 7.48. The van der Waals surface area contributed by atoms with Crippen LogP contribution >= 0.6 is 0 Å². The molecule has 1 N–H and O–H groups in total. The summed E-state index contributed by atoms with van der Waals surface area (Å²) in [5.74, 6) is 0.816. The number of rotatable bonds is 3. The van der Waals surface area contributed by atoms with E-state index in [1.54, 1.807) is 0 Å². The van der Waals surface area contributed by atoms with Gasteiger partial charge in [0.1, 0.15) is 5.82 Å². The van der Waals surface area contributed by atoms with Crippen LogP contribution in [0.4, 0.5) is 5.82 Å². The van der Waals surface area contributed by atoms with Crippen molar-refractivity contribution >= 4 is 5.82 Å². The predicted octanol–water partition coefficient (Wildman–Crippen LogP) is 2.41. The Morgan fingerprint density at radius 2 is 2.11 bits per heavy atom. The molecule has 0 aliphatic carbocycles. The summed E-state index contributed by atoms with van der Waals surface area (Å²) in [7, 11) is 2.17. The summed E-state index contributed by atoms with van der Waals surface area (Å²) in [5, 5.41) is 12.4. The third-order valence-electron chi connectivity index (χ3n) is 3.97. The third-order valence-corrected chi connectivity index (χ3v) is 3.97. The Kier molecular flexibility index (Phi) is 4.06. The van der Waals surface area contributed by atoms with Gasteiger partial charge in [0.05, 0.1) is 11.6 Å². The van der Waals surface area contributed by atoms with E-state index in [1.807, 2.05) is 19.1 Å². The summed E-state index contributed by atoms with van der Waals surface area (Å²) in [4.78, 5) is 6.82. The van der Waals surface area contributed by atoms with Crippen molar-refractivity contribution in [1.29, 1.82) is 5.26 Å². The van der Waals surface area contributed by atoms with Gasteiger partial charge in [-0.25, -0.2) is 4.98 Å². The second-order valence-corrected chi connectivity index (χ2v) is 5.96. The molecule has 0 unspecified atom stereocenters. The minimum atomic E-state index is 0.324. The molecule has 0 atom stereocenters. The lowest BCUT2D eigenvalue weighted by Crippen LogP contribution is -2.40.